The van der Waals surface area contributed by atoms with Crippen molar-refractivity contribution in [3.05, 3.63) is 0 Å². The summed E-state index contributed by atoms with van der Waals surface area (Å²) in [5.74, 6) is 0.0687. The molecule has 5 saturated heterocycles. The number of imide groups is 2. The third-order valence-corrected chi connectivity index (χ3v) is 9.61. The van der Waals surface area contributed by atoms with Crippen molar-refractivity contribution in [3.63, 3.8) is 0 Å². The fraction of sp³-hybridized carbons (Fsp3) is 0.846. The topological polar surface area (TPSA) is 87.7 Å². The van der Waals surface area contributed by atoms with E-state index in [0.717, 1.165) is 78.0 Å². The predicted octanol–water partition coefficient (Wildman–Crippen LogP) is -0.454. The normalized spacial score (nSPS) is 28.4. The van der Waals surface area contributed by atoms with Crippen molar-refractivity contribution in [2.45, 2.75) is 38.5 Å². The fourth-order valence-electron chi connectivity index (χ4n) is 6.77. The Bertz CT molecular complexity index is 813. The number of carbonyl (C=O) groups is 4. The molecule has 0 bridgehead atoms. The predicted molar refractivity (Wildman–Crippen MR) is 134 cm³/mol. The maximum Gasteiger partial charge on any atom is 0.236 e. The van der Waals surface area contributed by atoms with Gasteiger partial charge in [-0.25, -0.2) is 0 Å². The number of hydrogen-bond acceptors (Lipinski definition) is 8. The van der Waals surface area contributed by atoms with Crippen molar-refractivity contribution < 1.29 is 19.2 Å². The Hall–Kier alpha value is -1.88. The largest absolute Gasteiger partial charge is 0.306 e. The minimum atomic E-state index is -0.459. The average Bonchev–Trinajstić information content (AvgIpc) is 3.24. The van der Waals surface area contributed by atoms with Crippen LogP contribution in [0.15, 0.2) is 0 Å². The van der Waals surface area contributed by atoms with Crippen molar-refractivity contribution in [2.24, 2.45) is 10.8 Å². The highest BCUT2D eigenvalue weighted by molar-refractivity contribution is 6.06. The van der Waals surface area contributed by atoms with E-state index in [1.54, 1.807) is 0 Å². The summed E-state index contributed by atoms with van der Waals surface area (Å²) in [5, 5.41) is 0. The molecule has 0 radical (unpaired) electrons. The lowest BCUT2D eigenvalue weighted by molar-refractivity contribution is -0.144. The van der Waals surface area contributed by atoms with Crippen LogP contribution in [0.4, 0.5) is 0 Å². The van der Waals surface area contributed by atoms with Crippen LogP contribution in [0.5, 0.6) is 0 Å². The highest BCUT2D eigenvalue weighted by Gasteiger charge is 2.53. The lowest BCUT2D eigenvalue weighted by atomic mass is 9.77. The molecule has 0 aliphatic carbocycles. The zero-order valence-electron chi connectivity index (χ0n) is 22.0. The molecule has 0 N–H and O–H groups in total. The third-order valence-electron chi connectivity index (χ3n) is 9.61. The summed E-state index contributed by atoms with van der Waals surface area (Å²) in [4.78, 5) is 63.7. The van der Waals surface area contributed by atoms with E-state index in [-0.39, 0.29) is 23.6 Å². The maximum absolute atomic E-state index is 13.1. The Labute approximate surface area is 214 Å². The van der Waals surface area contributed by atoms with Crippen LogP contribution < -0.4 is 0 Å². The zero-order chi connectivity index (χ0) is 25.5. The Morgan fingerprint density at radius 2 is 0.861 bits per heavy atom. The molecule has 0 aromatic carbocycles. The molecule has 5 fully saturated rings. The second-order valence-corrected chi connectivity index (χ2v) is 11.9. The number of amides is 4. The molecule has 36 heavy (non-hydrogen) atoms. The molecule has 2 spiro atoms. The van der Waals surface area contributed by atoms with Gasteiger partial charge in [-0.15, -0.1) is 0 Å². The summed E-state index contributed by atoms with van der Waals surface area (Å²) in [7, 11) is 4.14. The first-order valence-electron chi connectivity index (χ1n) is 13.7. The number of carbonyl (C=O) groups excluding carboxylic acids is 4. The van der Waals surface area contributed by atoms with Crippen molar-refractivity contribution in [2.75, 3.05) is 92.6 Å². The number of piperazine rings is 1. The van der Waals surface area contributed by atoms with Crippen molar-refractivity contribution in [1.29, 1.82) is 0 Å². The first-order valence-corrected chi connectivity index (χ1v) is 13.7. The lowest BCUT2D eigenvalue weighted by Gasteiger charge is -2.37. The van der Waals surface area contributed by atoms with Crippen LogP contribution in [0.3, 0.4) is 0 Å². The monoisotopic (exact) mass is 502 g/mol. The van der Waals surface area contributed by atoms with E-state index in [2.05, 4.69) is 33.7 Å². The van der Waals surface area contributed by atoms with Crippen molar-refractivity contribution in [1.82, 2.24) is 29.4 Å². The van der Waals surface area contributed by atoms with E-state index in [4.69, 9.17) is 0 Å². The molecular formula is C26H42N6O4. The number of piperidine rings is 2. The summed E-state index contributed by atoms with van der Waals surface area (Å²) in [5.41, 5.74) is -0.919. The molecule has 0 saturated carbocycles. The van der Waals surface area contributed by atoms with Gasteiger partial charge < -0.3 is 9.80 Å². The van der Waals surface area contributed by atoms with Gasteiger partial charge in [0.05, 0.1) is 10.8 Å². The van der Waals surface area contributed by atoms with Gasteiger partial charge in [0.1, 0.15) is 0 Å². The van der Waals surface area contributed by atoms with Crippen molar-refractivity contribution in [3.8, 4) is 0 Å². The zero-order valence-corrected chi connectivity index (χ0v) is 22.0. The van der Waals surface area contributed by atoms with Crippen LogP contribution in [-0.2, 0) is 19.2 Å². The lowest BCUT2D eigenvalue weighted by Crippen LogP contribution is -2.51. The van der Waals surface area contributed by atoms with Gasteiger partial charge in [0.15, 0.2) is 0 Å². The van der Waals surface area contributed by atoms with E-state index in [9.17, 15) is 19.2 Å². The molecule has 200 valence electrons. The van der Waals surface area contributed by atoms with Crippen LogP contribution in [0.2, 0.25) is 0 Å². The smallest absolute Gasteiger partial charge is 0.236 e. The van der Waals surface area contributed by atoms with Crippen molar-refractivity contribution >= 4 is 23.6 Å². The first-order chi connectivity index (χ1) is 17.2. The summed E-state index contributed by atoms with van der Waals surface area (Å²) >= 11 is 0. The highest BCUT2D eigenvalue weighted by atomic mass is 16.2. The molecule has 0 unspecified atom stereocenters. The van der Waals surface area contributed by atoms with E-state index >= 15 is 0 Å². The molecule has 5 aliphatic heterocycles. The SMILES string of the molecule is CN1CCC2(CC1)CC(=O)N(CCN1CCN(CCN3C(=O)CC4(CCN(C)CC4)C3=O)CC1)C2=O. The van der Waals surface area contributed by atoms with E-state index in [0.29, 0.717) is 39.0 Å². The molecule has 5 heterocycles. The van der Waals surface area contributed by atoms with Gasteiger partial charge in [-0.3, -0.25) is 38.8 Å². The standard InChI is InChI=1S/C26H42N6O4/c1-27-7-3-25(4-8-27)19-21(33)31(23(25)35)17-15-29-11-13-30(14-12-29)16-18-32-22(34)20-26(24(32)36)5-9-28(2)10-6-26/h3-20H2,1-2H3. The Kier molecular flexibility index (Phi) is 7.24. The molecule has 5 aliphatic rings. The molecule has 10 nitrogen and oxygen atoms in total. The van der Waals surface area contributed by atoms with Crippen LogP contribution in [0.1, 0.15) is 38.5 Å². The Morgan fingerprint density at radius 3 is 1.19 bits per heavy atom. The Balaban J connectivity index is 1.05. The molecule has 5 rings (SSSR count). The second-order valence-electron chi connectivity index (χ2n) is 11.9. The quantitative estimate of drug-likeness (QED) is 0.452. The molecule has 0 atom stereocenters. The fourth-order valence-corrected chi connectivity index (χ4v) is 6.77. The molecule has 0 aromatic heterocycles. The first kappa shape index (κ1) is 25.8. The summed E-state index contributed by atoms with van der Waals surface area (Å²) in [6, 6.07) is 0. The number of likely N-dealkylation sites (tertiary alicyclic amines) is 4. The van der Waals surface area contributed by atoms with Crippen LogP contribution in [0, 0.1) is 10.8 Å². The number of rotatable bonds is 6. The van der Waals surface area contributed by atoms with Gasteiger partial charge in [0, 0.05) is 65.2 Å². The summed E-state index contributed by atoms with van der Waals surface area (Å²) in [6.07, 6.45) is 3.87. The summed E-state index contributed by atoms with van der Waals surface area (Å²) in [6.45, 7) is 9.34. The van der Waals surface area contributed by atoms with Crippen LogP contribution in [-0.4, -0.2) is 146 Å². The Morgan fingerprint density at radius 1 is 0.528 bits per heavy atom. The minimum absolute atomic E-state index is 0.00878. The molecule has 10 heteroatoms. The van der Waals surface area contributed by atoms with E-state index in [1.165, 1.54) is 9.80 Å². The van der Waals surface area contributed by atoms with E-state index in [1.807, 2.05) is 0 Å². The van der Waals surface area contributed by atoms with Gasteiger partial charge in [-0.2, -0.15) is 0 Å². The van der Waals surface area contributed by atoms with Gasteiger partial charge in [0.2, 0.25) is 23.6 Å². The molecular weight excluding hydrogens is 460 g/mol. The van der Waals surface area contributed by atoms with Gasteiger partial charge in [0.25, 0.3) is 0 Å². The van der Waals surface area contributed by atoms with Gasteiger partial charge >= 0.3 is 0 Å². The third kappa shape index (κ3) is 4.85. The highest BCUT2D eigenvalue weighted by Crippen LogP contribution is 2.43. The number of hydrogen-bond donors (Lipinski definition) is 0. The number of nitrogens with zero attached hydrogens (tertiary/aromatic N) is 6. The average molecular weight is 503 g/mol. The van der Waals surface area contributed by atoms with Gasteiger partial charge in [-0.1, -0.05) is 0 Å². The maximum atomic E-state index is 13.1. The van der Waals surface area contributed by atoms with Gasteiger partial charge in [-0.05, 0) is 66.0 Å². The molecule has 4 amide bonds. The van der Waals surface area contributed by atoms with Crippen LogP contribution in [0.25, 0.3) is 0 Å². The van der Waals surface area contributed by atoms with E-state index < -0.39 is 10.8 Å². The summed E-state index contributed by atoms with van der Waals surface area (Å²) < 4.78 is 0. The second kappa shape index (κ2) is 10.1. The van der Waals surface area contributed by atoms with Crippen LogP contribution >= 0.6 is 0 Å². The molecule has 0 aromatic rings. The minimum Gasteiger partial charge on any atom is -0.306 e.